The molecule has 0 atom stereocenters. The zero-order chi connectivity index (χ0) is 16.5. The van der Waals surface area contributed by atoms with Crippen molar-refractivity contribution in [1.29, 1.82) is 0 Å². The third kappa shape index (κ3) is 5.74. The van der Waals surface area contributed by atoms with Crippen molar-refractivity contribution in [3.63, 3.8) is 0 Å². The molecule has 0 bridgehead atoms. The van der Waals surface area contributed by atoms with Gasteiger partial charge in [-0.1, -0.05) is 50.5 Å². The minimum absolute atomic E-state index is 0.0183. The molecular weight excluding hydrogens is 290 g/mol. The number of unbranched alkanes of at least 4 members (excludes halogenated alkanes) is 3. The number of ether oxygens (including phenoxy) is 1. The van der Waals surface area contributed by atoms with E-state index in [0.29, 0.717) is 12.4 Å². The first-order valence-corrected chi connectivity index (χ1v) is 8.09. The summed E-state index contributed by atoms with van der Waals surface area (Å²) in [4.78, 5) is 14.6. The lowest BCUT2D eigenvalue weighted by atomic mass is 10.0. The Balaban J connectivity index is 1.80. The third-order valence-corrected chi connectivity index (χ3v) is 3.70. The first kappa shape index (κ1) is 17.0. The van der Waals surface area contributed by atoms with E-state index in [0.717, 1.165) is 12.0 Å². The molecule has 2 aromatic rings. The van der Waals surface area contributed by atoms with Crippen LogP contribution in [0.4, 0.5) is 0 Å². The van der Waals surface area contributed by atoms with Gasteiger partial charge in [0.25, 0.3) is 0 Å². The monoisotopic (exact) mass is 313 g/mol. The molecule has 0 amide bonds. The van der Waals surface area contributed by atoms with Crippen LogP contribution >= 0.6 is 0 Å². The summed E-state index contributed by atoms with van der Waals surface area (Å²) in [5.41, 5.74) is 2.46. The van der Waals surface area contributed by atoms with E-state index in [1.54, 1.807) is 6.07 Å². The summed E-state index contributed by atoms with van der Waals surface area (Å²) in [6.45, 7) is 2.67. The van der Waals surface area contributed by atoms with Crippen LogP contribution in [0.2, 0.25) is 0 Å². The number of carboxylic acid groups (broad SMARTS) is 1. The highest BCUT2D eigenvalue weighted by molar-refractivity contribution is 5.85. The predicted octanol–water partition coefficient (Wildman–Crippen LogP) is 4.48. The van der Waals surface area contributed by atoms with Crippen molar-refractivity contribution in [2.24, 2.45) is 0 Å². The molecule has 4 nitrogen and oxygen atoms in total. The maximum atomic E-state index is 10.7. The van der Waals surface area contributed by atoms with E-state index in [9.17, 15) is 4.79 Å². The quantitative estimate of drug-likeness (QED) is 0.693. The van der Waals surface area contributed by atoms with E-state index >= 15 is 0 Å². The number of nitrogens with zero attached hydrogens (tertiary/aromatic N) is 1. The van der Waals surface area contributed by atoms with Crippen LogP contribution in [0.1, 0.15) is 54.2 Å². The minimum Gasteiger partial charge on any atom is -0.487 e. The van der Waals surface area contributed by atoms with Crippen LogP contribution in [0.3, 0.4) is 0 Å². The Morgan fingerprint density at radius 3 is 2.39 bits per heavy atom. The Bertz CT molecular complexity index is 606. The smallest absolute Gasteiger partial charge is 0.354 e. The summed E-state index contributed by atoms with van der Waals surface area (Å²) in [6, 6.07) is 11.5. The summed E-state index contributed by atoms with van der Waals surface area (Å²) in [7, 11) is 0. The van der Waals surface area contributed by atoms with Crippen molar-refractivity contribution in [1.82, 2.24) is 4.98 Å². The molecule has 1 N–H and O–H groups in total. The number of aryl methyl sites for hydroxylation is 1. The van der Waals surface area contributed by atoms with Gasteiger partial charge in [0, 0.05) is 0 Å². The van der Waals surface area contributed by atoms with Crippen LogP contribution in [0, 0.1) is 0 Å². The van der Waals surface area contributed by atoms with Crippen molar-refractivity contribution in [2.45, 2.75) is 45.6 Å². The highest BCUT2D eigenvalue weighted by Crippen LogP contribution is 2.14. The molecule has 0 spiro atoms. The lowest BCUT2D eigenvalue weighted by Gasteiger charge is -2.07. The zero-order valence-corrected chi connectivity index (χ0v) is 13.5. The summed E-state index contributed by atoms with van der Waals surface area (Å²) in [5.74, 6) is -0.468. The Labute approximate surface area is 137 Å². The van der Waals surface area contributed by atoms with Crippen LogP contribution < -0.4 is 4.74 Å². The minimum atomic E-state index is -1.04. The van der Waals surface area contributed by atoms with Crippen LogP contribution in [0.5, 0.6) is 5.75 Å². The van der Waals surface area contributed by atoms with E-state index in [1.807, 2.05) is 0 Å². The number of carboxylic acids is 1. The Morgan fingerprint density at radius 2 is 1.78 bits per heavy atom. The van der Waals surface area contributed by atoms with Crippen molar-refractivity contribution in [3.05, 3.63) is 59.4 Å². The van der Waals surface area contributed by atoms with Gasteiger partial charge in [-0.2, -0.15) is 0 Å². The highest BCUT2D eigenvalue weighted by Gasteiger charge is 2.04. The molecule has 0 aliphatic carbocycles. The second-order valence-corrected chi connectivity index (χ2v) is 5.60. The predicted molar refractivity (Wildman–Crippen MR) is 89.8 cm³/mol. The van der Waals surface area contributed by atoms with Gasteiger partial charge in [-0.3, -0.25) is 0 Å². The number of hydrogen-bond donors (Lipinski definition) is 1. The highest BCUT2D eigenvalue weighted by atomic mass is 16.5. The normalized spacial score (nSPS) is 10.5. The summed E-state index contributed by atoms with van der Waals surface area (Å²) in [6.07, 6.45) is 7.67. The Hall–Kier alpha value is -2.36. The van der Waals surface area contributed by atoms with Crippen molar-refractivity contribution < 1.29 is 14.6 Å². The summed E-state index contributed by atoms with van der Waals surface area (Å²) in [5, 5.41) is 8.80. The van der Waals surface area contributed by atoms with E-state index in [1.165, 1.54) is 43.5 Å². The average molecular weight is 313 g/mol. The molecule has 0 aliphatic heterocycles. The molecule has 0 saturated carbocycles. The molecule has 0 saturated heterocycles. The van der Waals surface area contributed by atoms with E-state index in [-0.39, 0.29) is 5.69 Å². The molecule has 1 aromatic carbocycles. The van der Waals surface area contributed by atoms with Crippen molar-refractivity contribution in [3.8, 4) is 5.75 Å². The summed E-state index contributed by atoms with van der Waals surface area (Å²) < 4.78 is 5.62. The number of aromatic carboxylic acids is 1. The molecule has 122 valence electrons. The number of hydrogen-bond acceptors (Lipinski definition) is 3. The number of aromatic nitrogens is 1. The molecule has 0 unspecified atom stereocenters. The lowest BCUT2D eigenvalue weighted by molar-refractivity contribution is 0.0690. The van der Waals surface area contributed by atoms with Crippen molar-refractivity contribution >= 4 is 5.97 Å². The van der Waals surface area contributed by atoms with Crippen LogP contribution in [-0.2, 0) is 13.0 Å². The van der Waals surface area contributed by atoms with Gasteiger partial charge in [0.2, 0.25) is 0 Å². The van der Waals surface area contributed by atoms with E-state index in [4.69, 9.17) is 9.84 Å². The molecule has 0 fully saturated rings. The van der Waals surface area contributed by atoms with Crippen LogP contribution in [-0.4, -0.2) is 16.1 Å². The van der Waals surface area contributed by atoms with Gasteiger partial charge >= 0.3 is 5.97 Å². The number of benzene rings is 1. The van der Waals surface area contributed by atoms with Gasteiger partial charge in [-0.15, -0.1) is 0 Å². The standard InChI is InChI=1S/C19H23NO3/c1-2-3-4-5-6-15-7-9-16(10-8-15)14-23-17-11-12-18(19(21)22)20-13-17/h7-13H,2-6,14H2,1H3,(H,21,22). The van der Waals surface area contributed by atoms with Gasteiger partial charge in [0.05, 0.1) is 6.20 Å². The maximum Gasteiger partial charge on any atom is 0.354 e. The second-order valence-electron chi connectivity index (χ2n) is 5.60. The van der Waals surface area contributed by atoms with Crippen LogP contribution in [0.25, 0.3) is 0 Å². The topological polar surface area (TPSA) is 59.4 Å². The SMILES string of the molecule is CCCCCCc1ccc(COc2ccc(C(=O)O)nc2)cc1. The summed E-state index contributed by atoms with van der Waals surface area (Å²) >= 11 is 0. The number of carbonyl (C=O) groups is 1. The molecule has 2 rings (SSSR count). The number of rotatable bonds is 9. The average Bonchev–Trinajstić information content (AvgIpc) is 2.58. The molecule has 23 heavy (non-hydrogen) atoms. The third-order valence-electron chi connectivity index (χ3n) is 3.70. The van der Waals surface area contributed by atoms with Gasteiger partial charge in [0.1, 0.15) is 18.1 Å². The first-order chi connectivity index (χ1) is 11.2. The fourth-order valence-electron chi connectivity index (χ4n) is 2.32. The molecule has 0 aliphatic rings. The molecular formula is C19H23NO3. The maximum absolute atomic E-state index is 10.7. The van der Waals surface area contributed by atoms with Gasteiger partial charge in [0.15, 0.2) is 0 Å². The number of pyridine rings is 1. The van der Waals surface area contributed by atoms with Crippen molar-refractivity contribution in [2.75, 3.05) is 0 Å². The second kappa shape index (κ2) is 8.93. The molecule has 4 heteroatoms. The molecule has 1 heterocycles. The Morgan fingerprint density at radius 1 is 1.04 bits per heavy atom. The lowest BCUT2D eigenvalue weighted by Crippen LogP contribution is -2.01. The van der Waals surface area contributed by atoms with Crippen LogP contribution in [0.15, 0.2) is 42.6 Å². The fourth-order valence-corrected chi connectivity index (χ4v) is 2.32. The largest absolute Gasteiger partial charge is 0.487 e. The van der Waals surface area contributed by atoms with Gasteiger partial charge in [-0.05, 0) is 36.1 Å². The van der Waals surface area contributed by atoms with Gasteiger partial charge in [-0.25, -0.2) is 9.78 Å². The van der Waals surface area contributed by atoms with Gasteiger partial charge < -0.3 is 9.84 Å². The Kier molecular flexibility index (Phi) is 6.60. The molecule has 1 aromatic heterocycles. The molecule has 0 radical (unpaired) electrons. The van der Waals surface area contributed by atoms with E-state index in [2.05, 4.69) is 36.2 Å². The fraction of sp³-hybridized carbons (Fsp3) is 0.368. The zero-order valence-electron chi connectivity index (χ0n) is 13.5. The van der Waals surface area contributed by atoms with E-state index < -0.39 is 5.97 Å². The first-order valence-electron chi connectivity index (χ1n) is 8.09.